The Morgan fingerprint density at radius 1 is 1.69 bits per heavy atom. The Morgan fingerprint density at radius 2 is 2.44 bits per heavy atom. The van der Waals surface area contributed by atoms with Crippen molar-refractivity contribution in [2.75, 3.05) is 11.4 Å². The lowest BCUT2D eigenvalue weighted by molar-refractivity contribution is -0.136. The van der Waals surface area contributed by atoms with Gasteiger partial charge in [0.05, 0.1) is 0 Å². The van der Waals surface area contributed by atoms with E-state index in [-0.39, 0.29) is 36.6 Å². The number of aromatic nitrogens is 3. The molecule has 0 saturated carbocycles. The highest BCUT2D eigenvalue weighted by atomic mass is 16.4. The van der Waals surface area contributed by atoms with Crippen LogP contribution in [0.2, 0.25) is 0 Å². The van der Waals surface area contributed by atoms with Crippen LogP contribution >= 0.6 is 0 Å². The van der Waals surface area contributed by atoms with Gasteiger partial charge in [-0.3, -0.25) is 19.6 Å². The third-order valence-electron chi connectivity index (χ3n) is 2.23. The lowest BCUT2D eigenvalue weighted by Gasteiger charge is -2.09. The van der Waals surface area contributed by atoms with Crippen LogP contribution in [-0.4, -0.2) is 44.8 Å². The van der Waals surface area contributed by atoms with Gasteiger partial charge in [-0.2, -0.15) is 4.98 Å². The lowest BCUT2D eigenvalue weighted by atomic mass is 10.3. The quantitative estimate of drug-likeness (QED) is 0.574. The Kier molecular flexibility index (Phi) is 2.57. The standard InChI is InChI=1S/C8H11N5O3/c9-4-1-6(14)13(3-4)8-10-5(11-12-8)2-7(15)16/h4H,1-3,9H2,(H,15,16)(H,10,11,12). The first-order valence-corrected chi connectivity index (χ1v) is 4.75. The molecule has 0 radical (unpaired) electrons. The monoisotopic (exact) mass is 225 g/mol. The molecule has 0 aliphatic carbocycles. The van der Waals surface area contributed by atoms with Crippen LogP contribution in [0.3, 0.4) is 0 Å². The number of rotatable bonds is 3. The van der Waals surface area contributed by atoms with Crippen LogP contribution < -0.4 is 10.6 Å². The molecule has 1 fully saturated rings. The van der Waals surface area contributed by atoms with Crippen molar-refractivity contribution >= 4 is 17.8 Å². The molecule has 86 valence electrons. The molecule has 1 aliphatic rings. The number of nitrogens with zero attached hydrogens (tertiary/aromatic N) is 3. The Morgan fingerprint density at radius 3 is 3.00 bits per heavy atom. The molecule has 0 bridgehead atoms. The van der Waals surface area contributed by atoms with E-state index in [0.717, 1.165) is 0 Å². The van der Waals surface area contributed by atoms with Crippen LogP contribution in [0, 0.1) is 0 Å². The number of carboxylic acids is 1. The van der Waals surface area contributed by atoms with Crippen LogP contribution in [0.1, 0.15) is 12.2 Å². The fraction of sp³-hybridized carbons (Fsp3) is 0.500. The van der Waals surface area contributed by atoms with Gasteiger partial charge in [0.2, 0.25) is 5.91 Å². The number of carbonyl (C=O) groups is 2. The summed E-state index contributed by atoms with van der Waals surface area (Å²) in [5, 5.41) is 14.8. The zero-order valence-corrected chi connectivity index (χ0v) is 8.38. The van der Waals surface area contributed by atoms with Gasteiger partial charge in [0, 0.05) is 19.0 Å². The van der Waals surface area contributed by atoms with Gasteiger partial charge in [0.1, 0.15) is 12.2 Å². The second-order valence-corrected chi connectivity index (χ2v) is 3.62. The zero-order valence-electron chi connectivity index (χ0n) is 8.38. The van der Waals surface area contributed by atoms with Gasteiger partial charge in [-0.1, -0.05) is 0 Å². The molecule has 1 unspecified atom stereocenters. The minimum absolute atomic E-state index is 0.145. The fourth-order valence-corrected chi connectivity index (χ4v) is 1.56. The molecule has 1 saturated heterocycles. The number of carboxylic acid groups (broad SMARTS) is 1. The summed E-state index contributed by atoms with van der Waals surface area (Å²) in [5.74, 6) is -0.745. The number of amides is 1. The third kappa shape index (κ3) is 2.01. The number of H-pyrrole nitrogens is 1. The van der Waals surface area contributed by atoms with Crippen molar-refractivity contribution in [3.05, 3.63) is 5.82 Å². The lowest BCUT2D eigenvalue weighted by Crippen LogP contribution is -2.28. The summed E-state index contributed by atoms with van der Waals surface area (Å²) >= 11 is 0. The number of aliphatic carboxylic acids is 1. The van der Waals surface area contributed by atoms with Crippen molar-refractivity contribution < 1.29 is 14.7 Å². The van der Waals surface area contributed by atoms with Crippen molar-refractivity contribution in [1.29, 1.82) is 0 Å². The molecule has 1 aromatic rings. The number of anilines is 1. The van der Waals surface area contributed by atoms with E-state index in [4.69, 9.17) is 10.8 Å². The first kappa shape index (κ1) is 10.6. The molecule has 1 aliphatic heterocycles. The van der Waals surface area contributed by atoms with Crippen molar-refractivity contribution in [3.8, 4) is 0 Å². The minimum Gasteiger partial charge on any atom is -0.481 e. The summed E-state index contributed by atoms with van der Waals surface area (Å²) in [6, 6.07) is -0.214. The fourth-order valence-electron chi connectivity index (χ4n) is 1.56. The molecule has 8 heteroatoms. The highest BCUT2D eigenvalue weighted by molar-refractivity contribution is 5.94. The second kappa shape index (κ2) is 3.89. The molecule has 16 heavy (non-hydrogen) atoms. The Bertz CT molecular complexity index is 429. The number of hydrogen-bond acceptors (Lipinski definition) is 5. The molecule has 4 N–H and O–H groups in total. The summed E-state index contributed by atoms with van der Waals surface area (Å²) < 4.78 is 0. The summed E-state index contributed by atoms with van der Waals surface area (Å²) in [7, 11) is 0. The van der Waals surface area contributed by atoms with Gasteiger partial charge < -0.3 is 10.8 Å². The number of carbonyl (C=O) groups excluding carboxylic acids is 1. The molecule has 2 heterocycles. The molecule has 0 aromatic carbocycles. The molecule has 2 rings (SSSR count). The average Bonchev–Trinajstić information content (AvgIpc) is 2.72. The SMILES string of the molecule is NC1CC(=O)N(c2n[nH]c(CC(=O)O)n2)C1. The van der Waals surface area contributed by atoms with E-state index < -0.39 is 5.97 Å². The maximum Gasteiger partial charge on any atom is 0.311 e. The molecule has 8 nitrogen and oxygen atoms in total. The van der Waals surface area contributed by atoms with Crippen LogP contribution in [-0.2, 0) is 16.0 Å². The van der Waals surface area contributed by atoms with Crippen LogP contribution in [0.4, 0.5) is 5.95 Å². The summed E-state index contributed by atoms with van der Waals surface area (Å²) in [6.07, 6.45) is 0.0177. The first-order valence-electron chi connectivity index (χ1n) is 4.75. The van der Waals surface area contributed by atoms with E-state index in [2.05, 4.69) is 15.2 Å². The molecule has 1 amide bonds. The van der Waals surface area contributed by atoms with Crippen molar-refractivity contribution in [3.63, 3.8) is 0 Å². The van der Waals surface area contributed by atoms with Gasteiger partial charge in [-0.05, 0) is 0 Å². The van der Waals surface area contributed by atoms with E-state index in [9.17, 15) is 9.59 Å². The van der Waals surface area contributed by atoms with Crippen LogP contribution in [0.15, 0.2) is 0 Å². The highest BCUT2D eigenvalue weighted by Crippen LogP contribution is 2.16. The number of nitrogens with two attached hydrogens (primary N) is 1. The average molecular weight is 225 g/mol. The Hall–Kier alpha value is -1.96. The number of nitrogens with one attached hydrogen (secondary N) is 1. The molecular weight excluding hydrogens is 214 g/mol. The van der Waals surface area contributed by atoms with Crippen LogP contribution in [0.25, 0.3) is 0 Å². The molecule has 0 spiro atoms. The minimum atomic E-state index is -1.01. The topological polar surface area (TPSA) is 125 Å². The zero-order chi connectivity index (χ0) is 11.7. The molecular formula is C8H11N5O3. The van der Waals surface area contributed by atoms with Gasteiger partial charge in [-0.25, -0.2) is 0 Å². The van der Waals surface area contributed by atoms with E-state index in [1.165, 1.54) is 4.90 Å². The normalized spacial score (nSPS) is 20.4. The van der Waals surface area contributed by atoms with Crippen molar-refractivity contribution in [2.45, 2.75) is 18.9 Å². The van der Waals surface area contributed by atoms with Crippen molar-refractivity contribution in [1.82, 2.24) is 15.2 Å². The Labute approximate surface area is 90.4 Å². The highest BCUT2D eigenvalue weighted by Gasteiger charge is 2.30. The smallest absolute Gasteiger partial charge is 0.311 e. The molecule has 1 atom stereocenters. The van der Waals surface area contributed by atoms with Gasteiger partial charge in [0.25, 0.3) is 5.95 Å². The molecule has 1 aromatic heterocycles. The summed E-state index contributed by atoms with van der Waals surface area (Å²) in [4.78, 5) is 27.2. The number of aromatic amines is 1. The van der Waals surface area contributed by atoms with E-state index in [0.29, 0.717) is 6.54 Å². The van der Waals surface area contributed by atoms with Gasteiger partial charge in [0.15, 0.2) is 0 Å². The largest absolute Gasteiger partial charge is 0.481 e. The predicted octanol–water partition coefficient (Wildman–Crippen LogP) is -1.50. The predicted molar refractivity (Wildman–Crippen MR) is 52.7 cm³/mol. The summed E-state index contributed by atoms with van der Waals surface area (Å²) in [6.45, 7) is 0.364. The Balaban J connectivity index is 2.13. The first-order chi connectivity index (χ1) is 7.56. The van der Waals surface area contributed by atoms with Crippen molar-refractivity contribution in [2.24, 2.45) is 5.73 Å². The van der Waals surface area contributed by atoms with E-state index in [1.54, 1.807) is 0 Å². The second-order valence-electron chi connectivity index (χ2n) is 3.62. The van der Waals surface area contributed by atoms with E-state index in [1.807, 2.05) is 0 Å². The van der Waals surface area contributed by atoms with E-state index >= 15 is 0 Å². The number of hydrogen-bond donors (Lipinski definition) is 3. The van der Waals surface area contributed by atoms with Gasteiger partial charge in [-0.15, -0.1) is 5.10 Å². The van der Waals surface area contributed by atoms with Crippen LogP contribution in [0.5, 0.6) is 0 Å². The summed E-state index contributed by atoms with van der Waals surface area (Å²) in [5.41, 5.74) is 5.62. The third-order valence-corrected chi connectivity index (χ3v) is 2.23. The van der Waals surface area contributed by atoms with Gasteiger partial charge >= 0.3 is 5.97 Å². The maximum absolute atomic E-state index is 11.5. The maximum atomic E-state index is 11.5.